The maximum Gasteiger partial charge on any atom is 0.277 e. The van der Waals surface area contributed by atoms with Crippen LogP contribution >= 0.6 is 0 Å². The molecule has 0 N–H and O–H groups in total. The van der Waals surface area contributed by atoms with Gasteiger partial charge in [0.05, 0.1) is 11.6 Å². The van der Waals surface area contributed by atoms with Crippen molar-refractivity contribution in [3.63, 3.8) is 0 Å². The van der Waals surface area contributed by atoms with E-state index in [0.717, 1.165) is 0 Å². The first-order chi connectivity index (χ1) is 7.17. The smallest absolute Gasteiger partial charge is 0.277 e. The molecule has 0 aromatic heterocycles. The summed E-state index contributed by atoms with van der Waals surface area (Å²) in [5.74, 6) is 0.122. The van der Waals surface area contributed by atoms with E-state index in [1.54, 1.807) is 0 Å². The largest absolute Gasteiger partial charge is 0.482 e. The molecule has 1 aromatic rings. The van der Waals surface area contributed by atoms with E-state index in [1.165, 1.54) is 24.3 Å². The van der Waals surface area contributed by atoms with E-state index < -0.39 is 19.2 Å². The number of hydrogen-bond donors (Lipinski definition) is 0. The zero-order valence-electron chi connectivity index (χ0n) is 7.66. The summed E-state index contributed by atoms with van der Waals surface area (Å²) >= 11 is 0. The Hall–Kier alpha value is -1.70. The van der Waals surface area contributed by atoms with E-state index in [1.807, 2.05) is 6.07 Å². The molecule has 15 heavy (non-hydrogen) atoms. The van der Waals surface area contributed by atoms with Crippen LogP contribution in [0.1, 0.15) is 5.56 Å². The summed E-state index contributed by atoms with van der Waals surface area (Å²) in [5.41, 5.74) is 0.385. The van der Waals surface area contributed by atoms with Crippen molar-refractivity contribution in [3.05, 3.63) is 29.8 Å². The highest BCUT2D eigenvalue weighted by atomic mass is 19.3. The van der Waals surface area contributed by atoms with Crippen LogP contribution in [-0.2, 0) is 0 Å². The summed E-state index contributed by atoms with van der Waals surface area (Å²) in [6, 6.07) is 7.39. The Morgan fingerprint density at radius 3 is 2.27 bits per heavy atom. The van der Waals surface area contributed by atoms with Crippen molar-refractivity contribution < 1.29 is 17.9 Å². The second-order valence-electron chi connectivity index (χ2n) is 2.78. The van der Waals surface area contributed by atoms with Gasteiger partial charge in [-0.3, -0.25) is 0 Å². The van der Waals surface area contributed by atoms with Gasteiger partial charge >= 0.3 is 0 Å². The number of rotatable bonds is 4. The summed E-state index contributed by atoms with van der Waals surface area (Å²) < 4.78 is 41.0. The van der Waals surface area contributed by atoms with Crippen LogP contribution in [0.15, 0.2) is 24.3 Å². The number of ether oxygens (including phenoxy) is 1. The predicted molar refractivity (Wildman–Crippen MR) is 47.6 cm³/mol. The summed E-state index contributed by atoms with van der Waals surface area (Å²) in [4.78, 5) is 0. The molecule has 1 atom stereocenters. The molecule has 0 saturated carbocycles. The van der Waals surface area contributed by atoms with Crippen LogP contribution in [0.4, 0.5) is 13.2 Å². The average Bonchev–Trinajstić information content (AvgIpc) is 2.26. The van der Waals surface area contributed by atoms with E-state index in [9.17, 15) is 13.2 Å². The van der Waals surface area contributed by atoms with E-state index in [2.05, 4.69) is 0 Å². The summed E-state index contributed by atoms with van der Waals surface area (Å²) in [6.45, 7) is -1.25. The van der Waals surface area contributed by atoms with Crippen molar-refractivity contribution in [1.29, 1.82) is 5.26 Å². The first kappa shape index (κ1) is 11.4. The Bertz CT molecular complexity index is 345. The zero-order chi connectivity index (χ0) is 11.3. The molecule has 0 saturated heterocycles. The second kappa shape index (κ2) is 5.25. The zero-order valence-corrected chi connectivity index (χ0v) is 7.66. The highest BCUT2D eigenvalue weighted by molar-refractivity contribution is 5.34. The van der Waals surface area contributed by atoms with Gasteiger partial charge in [-0.2, -0.15) is 5.26 Å². The fourth-order valence-corrected chi connectivity index (χ4v) is 0.933. The molecule has 0 fully saturated rings. The lowest BCUT2D eigenvalue weighted by Crippen LogP contribution is -2.27. The van der Waals surface area contributed by atoms with Gasteiger partial charge in [0.15, 0.2) is 6.10 Å². The van der Waals surface area contributed by atoms with Crippen molar-refractivity contribution >= 4 is 0 Å². The SMILES string of the molecule is N#Cc1ccc(OC(CF)C(F)F)cc1. The molecule has 0 heterocycles. The lowest BCUT2D eigenvalue weighted by Gasteiger charge is -2.14. The number of nitriles is 1. The van der Waals surface area contributed by atoms with Gasteiger partial charge in [0.1, 0.15) is 12.4 Å². The second-order valence-corrected chi connectivity index (χ2v) is 2.78. The third-order valence-electron chi connectivity index (χ3n) is 1.70. The van der Waals surface area contributed by atoms with Gasteiger partial charge in [-0.05, 0) is 24.3 Å². The number of halogens is 3. The van der Waals surface area contributed by atoms with Gasteiger partial charge in [0.2, 0.25) is 0 Å². The van der Waals surface area contributed by atoms with E-state index in [-0.39, 0.29) is 5.75 Å². The molecule has 1 rings (SSSR count). The maximum absolute atomic E-state index is 12.1. The normalized spacial score (nSPS) is 12.2. The van der Waals surface area contributed by atoms with Gasteiger partial charge in [-0.1, -0.05) is 0 Å². The molecule has 0 radical (unpaired) electrons. The van der Waals surface area contributed by atoms with E-state index >= 15 is 0 Å². The highest BCUT2D eigenvalue weighted by Gasteiger charge is 2.21. The predicted octanol–water partition coefficient (Wildman–Crippen LogP) is 2.54. The Morgan fingerprint density at radius 1 is 1.27 bits per heavy atom. The van der Waals surface area contributed by atoms with Crippen molar-refractivity contribution in [3.8, 4) is 11.8 Å². The third kappa shape index (κ3) is 3.17. The highest BCUT2D eigenvalue weighted by Crippen LogP contribution is 2.16. The van der Waals surface area contributed by atoms with Gasteiger partial charge < -0.3 is 4.74 Å². The molecule has 1 unspecified atom stereocenters. The van der Waals surface area contributed by atoms with Crippen LogP contribution in [0, 0.1) is 11.3 Å². The molecule has 0 aliphatic heterocycles. The van der Waals surface area contributed by atoms with Gasteiger partial charge in [-0.25, -0.2) is 13.2 Å². The lowest BCUT2D eigenvalue weighted by atomic mass is 10.2. The minimum Gasteiger partial charge on any atom is -0.482 e. The summed E-state index contributed by atoms with van der Waals surface area (Å²) in [7, 11) is 0. The molecule has 0 bridgehead atoms. The fraction of sp³-hybridized carbons (Fsp3) is 0.300. The lowest BCUT2D eigenvalue weighted by molar-refractivity contribution is -0.00117. The molecule has 0 amide bonds. The summed E-state index contributed by atoms with van der Waals surface area (Å²) in [5, 5.41) is 8.47. The molecule has 0 spiro atoms. The Morgan fingerprint density at radius 2 is 1.87 bits per heavy atom. The van der Waals surface area contributed by atoms with Crippen LogP contribution in [0.3, 0.4) is 0 Å². The maximum atomic E-state index is 12.1. The van der Waals surface area contributed by atoms with Crippen molar-refractivity contribution in [2.75, 3.05) is 6.67 Å². The molecule has 1 aromatic carbocycles. The van der Waals surface area contributed by atoms with Crippen LogP contribution in [0.2, 0.25) is 0 Å². The molecule has 80 valence electrons. The number of hydrogen-bond acceptors (Lipinski definition) is 2. The van der Waals surface area contributed by atoms with Crippen molar-refractivity contribution in [2.24, 2.45) is 0 Å². The van der Waals surface area contributed by atoms with E-state index in [0.29, 0.717) is 5.56 Å². The average molecular weight is 215 g/mol. The Labute approximate surface area is 84.9 Å². The number of alkyl halides is 3. The van der Waals surface area contributed by atoms with Gasteiger partial charge in [0, 0.05) is 0 Å². The summed E-state index contributed by atoms with van der Waals surface area (Å²) in [6.07, 6.45) is -4.62. The van der Waals surface area contributed by atoms with Gasteiger partial charge in [0.25, 0.3) is 6.43 Å². The third-order valence-corrected chi connectivity index (χ3v) is 1.70. The standard InChI is InChI=1S/C10H8F3NO/c11-5-9(10(12)13)15-8-3-1-7(6-14)2-4-8/h1-4,9-10H,5H2. The molecular weight excluding hydrogens is 207 g/mol. The topological polar surface area (TPSA) is 33.0 Å². The first-order valence-electron chi connectivity index (χ1n) is 4.18. The molecule has 0 aliphatic rings. The van der Waals surface area contributed by atoms with Gasteiger partial charge in [-0.15, -0.1) is 0 Å². The van der Waals surface area contributed by atoms with E-state index in [4.69, 9.17) is 10.00 Å². The quantitative estimate of drug-likeness (QED) is 0.773. The molecule has 5 heteroatoms. The first-order valence-corrected chi connectivity index (χ1v) is 4.18. The minimum absolute atomic E-state index is 0.122. The molecule has 0 aliphatic carbocycles. The number of nitrogens with zero attached hydrogens (tertiary/aromatic N) is 1. The van der Waals surface area contributed by atoms with Crippen molar-refractivity contribution in [1.82, 2.24) is 0 Å². The van der Waals surface area contributed by atoms with Crippen LogP contribution in [0.25, 0.3) is 0 Å². The molecule has 2 nitrogen and oxygen atoms in total. The fourth-order valence-electron chi connectivity index (χ4n) is 0.933. The van der Waals surface area contributed by atoms with Crippen LogP contribution < -0.4 is 4.74 Å². The monoisotopic (exact) mass is 215 g/mol. The molecular formula is C10H8F3NO. The Kier molecular flexibility index (Phi) is 3.98. The Balaban J connectivity index is 2.68. The van der Waals surface area contributed by atoms with Crippen LogP contribution in [0.5, 0.6) is 5.75 Å². The minimum atomic E-state index is -2.87. The number of benzene rings is 1. The van der Waals surface area contributed by atoms with Crippen molar-refractivity contribution in [2.45, 2.75) is 12.5 Å². The van der Waals surface area contributed by atoms with Crippen LogP contribution in [-0.4, -0.2) is 19.2 Å².